The highest BCUT2D eigenvalue weighted by Gasteiger charge is 2.10. The van der Waals surface area contributed by atoms with E-state index in [2.05, 4.69) is 52.1 Å². The summed E-state index contributed by atoms with van der Waals surface area (Å²) in [5.74, 6) is 2.69. The largest absolute Gasteiger partial charge is 0.485 e. The molecule has 0 atom stereocenters. The number of rotatable bonds is 5. The monoisotopic (exact) mass is 287 g/mol. The predicted octanol–water partition coefficient (Wildman–Crippen LogP) is 4.36. The molecule has 3 nitrogen and oxygen atoms in total. The number of hydrogen-bond acceptors (Lipinski definition) is 3. The molecule has 0 saturated carbocycles. The van der Waals surface area contributed by atoms with Crippen LogP contribution in [0.4, 0.5) is 0 Å². The molecule has 0 fully saturated rings. The van der Waals surface area contributed by atoms with Crippen molar-refractivity contribution >= 4 is 0 Å². The van der Waals surface area contributed by atoms with Gasteiger partial charge in [0.1, 0.15) is 23.9 Å². The van der Waals surface area contributed by atoms with Gasteiger partial charge < -0.3 is 14.5 Å². The van der Waals surface area contributed by atoms with Crippen LogP contribution >= 0.6 is 0 Å². The molecule has 1 aromatic heterocycles. The Bertz CT molecular complexity index is 594. The van der Waals surface area contributed by atoms with Gasteiger partial charge in [-0.3, -0.25) is 0 Å². The van der Waals surface area contributed by atoms with Crippen LogP contribution < -0.4 is 10.1 Å². The molecule has 0 saturated heterocycles. The van der Waals surface area contributed by atoms with Gasteiger partial charge in [0.25, 0.3) is 0 Å². The summed E-state index contributed by atoms with van der Waals surface area (Å²) in [6, 6.07) is 10.2. The molecule has 0 radical (unpaired) electrons. The fourth-order valence-corrected chi connectivity index (χ4v) is 2.06. The summed E-state index contributed by atoms with van der Waals surface area (Å²) in [6.07, 6.45) is 0. The molecule has 0 aliphatic rings. The Morgan fingerprint density at radius 1 is 1.05 bits per heavy atom. The van der Waals surface area contributed by atoms with Crippen LogP contribution in [0.3, 0.4) is 0 Å². The first-order valence-electron chi connectivity index (χ1n) is 7.36. The van der Waals surface area contributed by atoms with E-state index in [1.807, 2.05) is 18.2 Å². The normalized spacial score (nSPS) is 11.7. The van der Waals surface area contributed by atoms with Crippen molar-refractivity contribution in [2.75, 3.05) is 0 Å². The standard InChI is InChI=1S/C18H25NO2/c1-13-6-9-17(14(2)10-13)20-12-16-8-7-15(21-16)11-19-18(3,4)5/h6-10,19H,11-12H2,1-5H3. The molecular formula is C18H25NO2. The van der Waals surface area contributed by atoms with Crippen molar-refractivity contribution in [2.24, 2.45) is 0 Å². The molecule has 1 N–H and O–H groups in total. The average molecular weight is 287 g/mol. The summed E-state index contributed by atoms with van der Waals surface area (Å²) in [5, 5.41) is 3.41. The van der Waals surface area contributed by atoms with Crippen LogP contribution in [-0.2, 0) is 13.2 Å². The Kier molecular flexibility index (Phi) is 4.73. The van der Waals surface area contributed by atoms with Gasteiger partial charge in [0.05, 0.1) is 6.54 Å². The fraction of sp³-hybridized carbons (Fsp3) is 0.444. The van der Waals surface area contributed by atoms with Crippen molar-refractivity contribution in [3.8, 4) is 5.75 Å². The van der Waals surface area contributed by atoms with Gasteiger partial charge in [0.15, 0.2) is 0 Å². The van der Waals surface area contributed by atoms with E-state index >= 15 is 0 Å². The fourth-order valence-electron chi connectivity index (χ4n) is 2.06. The van der Waals surface area contributed by atoms with E-state index in [1.54, 1.807) is 0 Å². The minimum atomic E-state index is 0.0858. The van der Waals surface area contributed by atoms with Crippen molar-refractivity contribution in [3.05, 3.63) is 53.0 Å². The van der Waals surface area contributed by atoms with Crippen LogP contribution in [0.5, 0.6) is 5.75 Å². The molecule has 0 aliphatic heterocycles. The van der Waals surface area contributed by atoms with E-state index in [4.69, 9.17) is 9.15 Å². The lowest BCUT2D eigenvalue weighted by atomic mass is 10.1. The Balaban J connectivity index is 1.90. The third-order valence-corrected chi connectivity index (χ3v) is 3.21. The molecule has 1 aromatic carbocycles. The minimum Gasteiger partial charge on any atom is -0.485 e. The Hall–Kier alpha value is -1.74. The summed E-state index contributed by atoms with van der Waals surface area (Å²) in [5.41, 5.74) is 2.48. The lowest BCUT2D eigenvalue weighted by molar-refractivity contribution is 0.261. The van der Waals surface area contributed by atoms with Crippen molar-refractivity contribution in [1.29, 1.82) is 0 Å². The molecule has 2 aromatic rings. The molecule has 0 amide bonds. The molecule has 2 rings (SSSR count). The zero-order valence-corrected chi connectivity index (χ0v) is 13.6. The summed E-state index contributed by atoms with van der Waals surface area (Å²) in [4.78, 5) is 0. The van der Waals surface area contributed by atoms with Gasteiger partial charge >= 0.3 is 0 Å². The Morgan fingerprint density at radius 2 is 1.76 bits per heavy atom. The quantitative estimate of drug-likeness (QED) is 0.887. The van der Waals surface area contributed by atoms with Crippen molar-refractivity contribution in [3.63, 3.8) is 0 Å². The highest BCUT2D eigenvalue weighted by atomic mass is 16.5. The van der Waals surface area contributed by atoms with E-state index in [0.29, 0.717) is 6.61 Å². The van der Waals surface area contributed by atoms with E-state index < -0.39 is 0 Å². The molecule has 3 heteroatoms. The van der Waals surface area contributed by atoms with Gasteiger partial charge in [0, 0.05) is 5.54 Å². The number of benzene rings is 1. The minimum absolute atomic E-state index is 0.0858. The van der Waals surface area contributed by atoms with Gasteiger partial charge in [-0.2, -0.15) is 0 Å². The summed E-state index contributed by atoms with van der Waals surface area (Å²) >= 11 is 0. The maximum atomic E-state index is 5.82. The maximum Gasteiger partial charge on any atom is 0.146 e. The second-order valence-corrected chi connectivity index (χ2v) is 6.53. The number of hydrogen-bond donors (Lipinski definition) is 1. The van der Waals surface area contributed by atoms with Crippen molar-refractivity contribution < 1.29 is 9.15 Å². The summed E-state index contributed by atoms with van der Waals surface area (Å²) < 4.78 is 11.6. The van der Waals surface area contributed by atoms with Gasteiger partial charge in [-0.05, 0) is 58.4 Å². The zero-order chi connectivity index (χ0) is 15.5. The predicted molar refractivity (Wildman–Crippen MR) is 85.5 cm³/mol. The third kappa shape index (κ3) is 4.94. The SMILES string of the molecule is Cc1ccc(OCc2ccc(CNC(C)(C)C)o2)c(C)c1. The van der Waals surface area contributed by atoms with Crippen LogP contribution in [0.15, 0.2) is 34.7 Å². The number of aryl methyl sites for hydroxylation is 2. The van der Waals surface area contributed by atoms with E-state index in [9.17, 15) is 0 Å². The van der Waals surface area contributed by atoms with Crippen LogP contribution in [0.1, 0.15) is 43.4 Å². The summed E-state index contributed by atoms with van der Waals surface area (Å²) in [6.45, 7) is 11.7. The third-order valence-electron chi connectivity index (χ3n) is 3.21. The first-order valence-corrected chi connectivity index (χ1v) is 7.36. The molecule has 1 heterocycles. The molecule has 0 unspecified atom stereocenters. The number of furan rings is 1. The molecule has 0 aliphatic carbocycles. The lowest BCUT2D eigenvalue weighted by Gasteiger charge is -2.19. The first kappa shape index (κ1) is 15.6. The molecule has 0 spiro atoms. The Labute approximate surface area is 127 Å². The van der Waals surface area contributed by atoms with Crippen molar-refractivity contribution in [2.45, 2.75) is 53.3 Å². The average Bonchev–Trinajstić information content (AvgIpc) is 2.82. The maximum absolute atomic E-state index is 5.82. The second-order valence-electron chi connectivity index (χ2n) is 6.53. The van der Waals surface area contributed by atoms with Gasteiger partial charge in [-0.15, -0.1) is 0 Å². The van der Waals surface area contributed by atoms with Crippen molar-refractivity contribution in [1.82, 2.24) is 5.32 Å². The number of ether oxygens (including phenoxy) is 1. The smallest absolute Gasteiger partial charge is 0.146 e. The molecular weight excluding hydrogens is 262 g/mol. The summed E-state index contributed by atoms with van der Waals surface area (Å²) in [7, 11) is 0. The zero-order valence-electron chi connectivity index (χ0n) is 13.6. The van der Waals surface area contributed by atoms with Crippen LogP contribution in [0, 0.1) is 13.8 Å². The second kappa shape index (κ2) is 6.35. The van der Waals surface area contributed by atoms with E-state index in [0.717, 1.165) is 29.4 Å². The highest BCUT2D eigenvalue weighted by Crippen LogP contribution is 2.20. The Morgan fingerprint density at radius 3 is 2.43 bits per heavy atom. The van der Waals surface area contributed by atoms with E-state index in [1.165, 1.54) is 5.56 Å². The first-order chi connectivity index (χ1) is 9.83. The molecule has 21 heavy (non-hydrogen) atoms. The molecule has 0 bridgehead atoms. The van der Waals surface area contributed by atoms with Gasteiger partial charge in [-0.25, -0.2) is 0 Å². The van der Waals surface area contributed by atoms with Gasteiger partial charge in [-0.1, -0.05) is 17.7 Å². The van der Waals surface area contributed by atoms with Crippen LogP contribution in [0.25, 0.3) is 0 Å². The van der Waals surface area contributed by atoms with Gasteiger partial charge in [0.2, 0.25) is 0 Å². The highest BCUT2D eigenvalue weighted by molar-refractivity contribution is 5.35. The number of nitrogens with one attached hydrogen (secondary N) is 1. The van der Waals surface area contributed by atoms with E-state index in [-0.39, 0.29) is 5.54 Å². The lowest BCUT2D eigenvalue weighted by Crippen LogP contribution is -2.34. The van der Waals surface area contributed by atoms with Crippen LogP contribution in [0.2, 0.25) is 0 Å². The molecule has 114 valence electrons. The topological polar surface area (TPSA) is 34.4 Å². The van der Waals surface area contributed by atoms with Crippen LogP contribution in [-0.4, -0.2) is 5.54 Å².